The summed E-state index contributed by atoms with van der Waals surface area (Å²) in [5, 5.41) is 103. The number of hydrogen-bond donors (Lipinski definition) is 10. The molecule has 0 unspecified atom stereocenters. The van der Waals surface area contributed by atoms with Crippen LogP contribution in [0.3, 0.4) is 0 Å². The number of ether oxygens (including phenoxy) is 6. The lowest BCUT2D eigenvalue weighted by molar-refractivity contribution is -0.348. The van der Waals surface area contributed by atoms with E-state index in [4.69, 9.17) is 28.4 Å². The summed E-state index contributed by atoms with van der Waals surface area (Å²) in [4.78, 5) is 0. The molecule has 0 saturated carbocycles. The minimum absolute atomic E-state index is 0.123. The Kier molecular flexibility index (Phi) is 13.6. The largest absolute Gasteiger partial charge is 0.508 e. The molecule has 0 amide bonds. The first kappa shape index (κ1) is 39.7. The molecule has 0 aliphatic carbocycles. The quantitative estimate of drug-likeness (QED) is 0.0838. The van der Waals surface area contributed by atoms with Crippen LogP contribution in [0.4, 0.5) is 0 Å². The highest BCUT2D eigenvalue weighted by Gasteiger charge is 2.54. The Balaban J connectivity index is 1.32. The van der Waals surface area contributed by atoms with Crippen LogP contribution >= 0.6 is 0 Å². The molecule has 3 aliphatic rings. The van der Waals surface area contributed by atoms with Crippen molar-refractivity contribution in [3.8, 4) is 11.5 Å². The lowest BCUT2D eigenvalue weighted by atomic mass is 9.97. The van der Waals surface area contributed by atoms with Crippen molar-refractivity contribution in [1.82, 2.24) is 0 Å². The first-order chi connectivity index (χ1) is 24.4. The van der Waals surface area contributed by atoms with Crippen LogP contribution in [0, 0.1) is 0 Å². The summed E-state index contributed by atoms with van der Waals surface area (Å²) in [6.07, 6.45) is -10.5. The minimum Gasteiger partial charge on any atom is -0.508 e. The lowest BCUT2D eigenvalue weighted by Gasteiger charge is -2.44. The van der Waals surface area contributed by atoms with Crippen LogP contribution in [0.5, 0.6) is 11.5 Å². The van der Waals surface area contributed by atoms with Gasteiger partial charge in [0.05, 0.1) is 39.1 Å². The Morgan fingerprint density at radius 1 is 0.686 bits per heavy atom. The van der Waals surface area contributed by atoms with Crippen LogP contribution in [-0.4, -0.2) is 157 Å². The maximum Gasteiger partial charge on any atom is 0.187 e. The molecule has 0 bridgehead atoms. The van der Waals surface area contributed by atoms with Gasteiger partial charge in [-0.2, -0.15) is 0 Å². The standard InChI is InChI=1S/C35H50O16/c36-16-34(44)18-47-32(29(34)42)46-15-25-26(40)27(41)28(51-33-30(43)35(45,17-37)19-48-33)31(50-25)49-24(14-9-21-7-12-23(39)13-8-21)4-2-1-3-20-5-10-22(38)11-6-20/h5-8,10-13,24-33,36-45H,1-4,9,14-19H2/t24-,25-,26-,27+,28-,29-,30-,31-,32-,33-,34+,35+/m1/s1. The number of unbranched alkanes of at least 4 members (excludes halogenated alkanes) is 1. The predicted molar refractivity (Wildman–Crippen MR) is 174 cm³/mol. The van der Waals surface area contributed by atoms with Gasteiger partial charge in [-0.1, -0.05) is 30.7 Å². The average Bonchev–Trinajstić information content (AvgIpc) is 3.58. The molecule has 3 fully saturated rings. The topological polar surface area (TPSA) is 258 Å². The third-order valence-corrected chi connectivity index (χ3v) is 9.72. The fourth-order valence-electron chi connectivity index (χ4n) is 6.31. The zero-order valence-electron chi connectivity index (χ0n) is 28.1. The van der Waals surface area contributed by atoms with E-state index in [1.165, 1.54) is 0 Å². The summed E-state index contributed by atoms with van der Waals surface area (Å²) < 4.78 is 34.8. The van der Waals surface area contributed by atoms with Crippen LogP contribution in [0.25, 0.3) is 0 Å². The summed E-state index contributed by atoms with van der Waals surface area (Å²) in [7, 11) is 0. The molecule has 12 atom stereocenters. The highest BCUT2D eigenvalue weighted by molar-refractivity contribution is 5.26. The maximum atomic E-state index is 11.3. The van der Waals surface area contributed by atoms with Crippen molar-refractivity contribution in [2.75, 3.05) is 33.0 Å². The summed E-state index contributed by atoms with van der Waals surface area (Å²) in [5.74, 6) is 0.301. The van der Waals surface area contributed by atoms with Gasteiger partial charge in [0, 0.05) is 0 Å². The van der Waals surface area contributed by atoms with Gasteiger partial charge in [-0.25, -0.2) is 0 Å². The molecule has 0 radical (unpaired) electrons. The molecule has 2 aromatic rings. The Hall–Kier alpha value is -2.52. The Morgan fingerprint density at radius 2 is 1.24 bits per heavy atom. The van der Waals surface area contributed by atoms with Crippen LogP contribution in [-0.2, 0) is 41.3 Å². The molecule has 2 aromatic carbocycles. The van der Waals surface area contributed by atoms with Crippen LogP contribution < -0.4 is 0 Å². The molecule has 16 nitrogen and oxygen atoms in total. The predicted octanol–water partition coefficient (Wildman–Crippen LogP) is -1.44. The van der Waals surface area contributed by atoms with E-state index in [1.54, 1.807) is 36.4 Å². The van der Waals surface area contributed by atoms with Gasteiger partial charge < -0.3 is 79.5 Å². The molecule has 3 aliphatic heterocycles. The van der Waals surface area contributed by atoms with E-state index in [9.17, 15) is 51.1 Å². The summed E-state index contributed by atoms with van der Waals surface area (Å²) >= 11 is 0. The molecule has 3 heterocycles. The van der Waals surface area contributed by atoms with E-state index in [2.05, 4.69) is 0 Å². The van der Waals surface area contributed by atoms with Gasteiger partial charge in [-0.3, -0.25) is 0 Å². The summed E-state index contributed by atoms with van der Waals surface area (Å²) in [6.45, 7) is -2.95. The normalized spacial score (nSPS) is 36.0. The third-order valence-electron chi connectivity index (χ3n) is 9.72. The van der Waals surface area contributed by atoms with Crippen LogP contribution in [0.15, 0.2) is 48.5 Å². The zero-order chi connectivity index (χ0) is 36.8. The van der Waals surface area contributed by atoms with E-state index in [-0.39, 0.29) is 11.5 Å². The van der Waals surface area contributed by atoms with Crippen molar-refractivity contribution in [2.24, 2.45) is 0 Å². The number of phenolic OH excluding ortho intramolecular Hbond substituents is 2. The van der Waals surface area contributed by atoms with Crippen molar-refractivity contribution in [1.29, 1.82) is 0 Å². The van der Waals surface area contributed by atoms with E-state index in [0.717, 1.165) is 24.0 Å². The summed E-state index contributed by atoms with van der Waals surface area (Å²) in [6, 6.07) is 13.7. The highest BCUT2D eigenvalue weighted by atomic mass is 16.8. The fraction of sp³-hybridized carbons (Fsp3) is 0.657. The average molecular weight is 727 g/mol. The van der Waals surface area contributed by atoms with Crippen LogP contribution in [0.1, 0.15) is 36.8 Å². The molecule has 0 spiro atoms. The molecular formula is C35H50O16. The Labute approximate surface area is 294 Å². The molecule has 10 N–H and O–H groups in total. The van der Waals surface area contributed by atoms with Crippen LogP contribution in [0.2, 0.25) is 0 Å². The fourth-order valence-corrected chi connectivity index (χ4v) is 6.31. The first-order valence-electron chi connectivity index (χ1n) is 17.1. The number of aromatic hydroxyl groups is 2. The number of hydrogen-bond acceptors (Lipinski definition) is 16. The second-order valence-electron chi connectivity index (χ2n) is 13.6. The number of rotatable bonds is 17. The van der Waals surface area contributed by atoms with E-state index < -0.39 is 106 Å². The SMILES string of the molecule is OC[C@]1(O)CO[C@@H](OC[C@H]2O[C@@H](O[C@H](CCCCc3ccc(O)cc3)CCc3ccc(O)cc3)[C@H](O[C@H]3OC[C@@](O)(CO)[C@@H]3O)[C@@H](O)[C@@H]2O)[C@H]1O. The summed E-state index contributed by atoms with van der Waals surface area (Å²) in [5.41, 5.74) is -2.01. The van der Waals surface area contributed by atoms with Gasteiger partial charge in [0.2, 0.25) is 0 Å². The number of benzene rings is 2. The van der Waals surface area contributed by atoms with Crippen molar-refractivity contribution in [3.63, 3.8) is 0 Å². The van der Waals surface area contributed by atoms with Gasteiger partial charge in [0.15, 0.2) is 18.9 Å². The third kappa shape index (κ3) is 9.73. The van der Waals surface area contributed by atoms with Gasteiger partial charge in [-0.15, -0.1) is 0 Å². The molecular weight excluding hydrogens is 676 g/mol. The highest BCUT2D eigenvalue weighted by Crippen LogP contribution is 2.34. The first-order valence-corrected chi connectivity index (χ1v) is 17.1. The molecule has 286 valence electrons. The van der Waals surface area contributed by atoms with Gasteiger partial charge >= 0.3 is 0 Å². The molecule has 16 heteroatoms. The number of aryl methyl sites for hydroxylation is 2. The maximum absolute atomic E-state index is 11.3. The van der Waals surface area contributed by atoms with E-state index >= 15 is 0 Å². The minimum atomic E-state index is -2.03. The Morgan fingerprint density at radius 3 is 1.80 bits per heavy atom. The number of phenols is 2. The monoisotopic (exact) mass is 726 g/mol. The second kappa shape index (κ2) is 17.5. The molecule has 51 heavy (non-hydrogen) atoms. The lowest BCUT2D eigenvalue weighted by Crippen LogP contribution is -2.62. The van der Waals surface area contributed by atoms with Crippen molar-refractivity contribution < 1.29 is 79.5 Å². The van der Waals surface area contributed by atoms with E-state index in [1.807, 2.05) is 12.1 Å². The van der Waals surface area contributed by atoms with Crippen molar-refractivity contribution >= 4 is 0 Å². The zero-order valence-corrected chi connectivity index (χ0v) is 28.1. The molecule has 5 rings (SSSR count). The van der Waals surface area contributed by atoms with Crippen molar-refractivity contribution in [3.05, 3.63) is 59.7 Å². The van der Waals surface area contributed by atoms with E-state index in [0.29, 0.717) is 25.7 Å². The Bertz CT molecular complexity index is 1350. The number of aliphatic hydroxyl groups is 8. The van der Waals surface area contributed by atoms with Gasteiger partial charge in [0.25, 0.3) is 0 Å². The molecule has 0 aromatic heterocycles. The smallest absolute Gasteiger partial charge is 0.187 e. The van der Waals surface area contributed by atoms with Crippen molar-refractivity contribution in [2.45, 2.75) is 111 Å². The van der Waals surface area contributed by atoms with Gasteiger partial charge in [0.1, 0.15) is 59.3 Å². The number of aliphatic hydroxyl groups excluding tert-OH is 6. The van der Waals surface area contributed by atoms with Gasteiger partial charge in [-0.05, 0) is 67.5 Å². The second-order valence-corrected chi connectivity index (χ2v) is 13.6. The molecule has 3 saturated heterocycles.